The molecule has 0 saturated carbocycles. The SMILES string of the molecule is COC(=O)C1CCCN(S(=O)(=O)c2ccccc2C)C1. The highest BCUT2D eigenvalue weighted by Crippen LogP contribution is 2.25. The fraction of sp³-hybridized carbons (Fsp3) is 0.500. The van der Waals surface area contributed by atoms with Crippen LogP contribution in [-0.2, 0) is 19.6 Å². The molecule has 0 aliphatic carbocycles. The van der Waals surface area contributed by atoms with E-state index in [0.717, 1.165) is 0 Å². The largest absolute Gasteiger partial charge is 0.469 e. The van der Waals surface area contributed by atoms with Crippen LogP contribution in [0.25, 0.3) is 0 Å². The predicted molar refractivity (Wildman–Crippen MR) is 74.7 cm³/mol. The van der Waals surface area contributed by atoms with Gasteiger partial charge in [0.15, 0.2) is 0 Å². The van der Waals surface area contributed by atoms with Gasteiger partial charge in [-0.2, -0.15) is 4.31 Å². The summed E-state index contributed by atoms with van der Waals surface area (Å²) in [4.78, 5) is 11.9. The van der Waals surface area contributed by atoms with E-state index in [1.54, 1.807) is 25.1 Å². The van der Waals surface area contributed by atoms with Crippen LogP contribution >= 0.6 is 0 Å². The monoisotopic (exact) mass is 297 g/mol. The fourth-order valence-electron chi connectivity index (χ4n) is 2.50. The van der Waals surface area contributed by atoms with Gasteiger partial charge in [0.05, 0.1) is 17.9 Å². The average molecular weight is 297 g/mol. The molecule has 0 amide bonds. The predicted octanol–water partition coefficient (Wildman–Crippen LogP) is 1.57. The van der Waals surface area contributed by atoms with E-state index in [1.165, 1.54) is 11.4 Å². The van der Waals surface area contributed by atoms with Crippen LogP contribution in [0.4, 0.5) is 0 Å². The molecule has 1 aromatic rings. The third kappa shape index (κ3) is 2.86. The van der Waals surface area contributed by atoms with Gasteiger partial charge in [-0.1, -0.05) is 18.2 Å². The van der Waals surface area contributed by atoms with Gasteiger partial charge in [-0.3, -0.25) is 4.79 Å². The smallest absolute Gasteiger partial charge is 0.309 e. The minimum Gasteiger partial charge on any atom is -0.469 e. The standard InChI is InChI=1S/C14H19NO4S/c1-11-6-3-4-8-13(11)20(17,18)15-9-5-7-12(10-15)14(16)19-2/h3-4,6,8,12H,5,7,9-10H2,1-2H3. The van der Waals surface area contributed by atoms with E-state index in [4.69, 9.17) is 4.74 Å². The van der Waals surface area contributed by atoms with Crippen LogP contribution in [0.2, 0.25) is 0 Å². The molecule has 1 saturated heterocycles. The zero-order valence-corrected chi connectivity index (χ0v) is 12.5. The first-order valence-electron chi connectivity index (χ1n) is 6.60. The summed E-state index contributed by atoms with van der Waals surface area (Å²) in [6.45, 7) is 2.42. The number of esters is 1. The van der Waals surface area contributed by atoms with Crippen LogP contribution in [0.3, 0.4) is 0 Å². The van der Waals surface area contributed by atoms with Crippen LogP contribution in [0, 0.1) is 12.8 Å². The van der Waals surface area contributed by atoms with E-state index in [2.05, 4.69) is 0 Å². The number of benzene rings is 1. The van der Waals surface area contributed by atoms with Gasteiger partial charge in [-0.25, -0.2) is 8.42 Å². The van der Waals surface area contributed by atoms with Crippen molar-refractivity contribution in [3.8, 4) is 0 Å². The van der Waals surface area contributed by atoms with E-state index in [1.807, 2.05) is 6.07 Å². The van der Waals surface area contributed by atoms with Gasteiger partial charge in [0, 0.05) is 13.1 Å². The molecule has 1 fully saturated rings. The van der Waals surface area contributed by atoms with E-state index in [9.17, 15) is 13.2 Å². The van der Waals surface area contributed by atoms with Gasteiger partial charge >= 0.3 is 5.97 Å². The summed E-state index contributed by atoms with van der Waals surface area (Å²) in [5.41, 5.74) is 0.715. The maximum Gasteiger partial charge on any atom is 0.309 e. The van der Waals surface area contributed by atoms with E-state index in [0.29, 0.717) is 29.8 Å². The molecule has 1 aliphatic rings. The molecular formula is C14H19NO4S. The van der Waals surface area contributed by atoms with Crippen molar-refractivity contribution in [2.24, 2.45) is 5.92 Å². The number of piperidine rings is 1. The molecule has 2 rings (SSSR count). The Morgan fingerprint density at radius 3 is 2.70 bits per heavy atom. The minimum absolute atomic E-state index is 0.198. The van der Waals surface area contributed by atoms with Crippen molar-refractivity contribution in [2.75, 3.05) is 20.2 Å². The highest BCUT2D eigenvalue weighted by atomic mass is 32.2. The Bertz CT molecular complexity index is 597. The number of ether oxygens (including phenoxy) is 1. The number of methoxy groups -OCH3 is 1. The van der Waals surface area contributed by atoms with Crippen molar-refractivity contribution >= 4 is 16.0 Å². The van der Waals surface area contributed by atoms with Gasteiger partial charge < -0.3 is 4.74 Å². The lowest BCUT2D eigenvalue weighted by molar-refractivity contribution is -0.146. The molecule has 0 spiro atoms. The number of nitrogens with zero attached hydrogens (tertiary/aromatic N) is 1. The first-order chi connectivity index (χ1) is 9.46. The van der Waals surface area contributed by atoms with Crippen LogP contribution in [0.15, 0.2) is 29.2 Å². The summed E-state index contributed by atoms with van der Waals surface area (Å²) in [5.74, 6) is -0.706. The number of sulfonamides is 1. The number of rotatable bonds is 3. The van der Waals surface area contributed by atoms with Crippen molar-refractivity contribution in [2.45, 2.75) is 24.7 Å². The lowest BCUT2D eigenvalue weighted by Crippen LogP contribution is -2.42. The second-order valence-corrected chi connectivity index (χ2v) is 6.90. The lowest BCUT2D eigenvalue weighted by Gasteiger charge is -2.30. The molecule has 1 heterocycles. The summed E-state index contributed by atoms with van der Waals surface area (Å²) >= 11 is 0. The van der Waals surface area contributed by atoms with Crippen molar-refractivity contribution < 1.29 is 17.9 Å². The average Bonchev–Trinajstić information content (AvgIpc) is 2.47. The van der Waals surface area contributed by atoms with Crippen LogP contribution in [0.5, 0.6) is 0 Å². The van der Waals surface area contributed by atoms with Crippen LogP contribution in [0.1, 0.15) is 18.4 Å². The Hall–Kier alpha value is -1.40. The van der Waals surface area contributed by atoms with Crippen molar-refractivity contribution in [3.05, 3.63) is 29.8 Å². The lowest BCUT2D eigenvalue weighted by atomic mass is 10.0. The second kappa shape index (κ2) is 5.93. The number of carbonyl (C=O) groups excluding carboxylic acids is 1. The summed E-state index contributed by atoms with van der Waals surface area (Å²) < 4.78 is 31.4. The summed E-state index contributed by atoms with van der Waals surface area (Å²) in [7, 11) is -2.21. The summed E-state index contributed by atoms with van der Waals surface area (Å²) in [6, 6.07) is 6.89. The molecule has 0 N–H and O–H groups in total. The molecule has 5 nitrogen and oxygen atoms in total. The third-order valence-electron chi connectivity index (χ3n) is 3.63. The van der Waals surface area contributed by atoms with Gasteiger partial charge in [-0.05, 0) is 31.4 Å². The Labute approximate surface area is 119 Å². The van der Waals surface area contributed by atoms with Crippen LogP contribution in [-0.4, -0.2) is 38.9 Å². The fourth-order valence-corrected chi connectivity index (χ4v) is 4.25. The number of hydrogen-bond acceptors (Lipinski definition) is 4. The molecule has 0 bridgehead atoms. The normalized spacial score (nSPS) is 20.6. The zero-order chi connectivity index (χ0) is 14.8. The maximum absolute atomic E-state index is 12.6. The summed E-state index contributed by atoms with van der Waals surface area (Å²) in [5, 5.41) is 0. The molecule has 0 radical (unpaired) electrons. The molecule has 0 aromatic heterocycles. The Morgan fingerprint density at radius 1 is 1.35 bits per heavy atom. The van der Waals surface area contributed by atoms with Crippen LogP contribution < -0.4 is 0 Å². The number of hydrogen-bond donors (Lipinski definition) is 0. The molecule has 1 unspecified atom stereocenters. The van der Waals surface area contributed by atoms with Gasteiger partial charge in [0.2, 0.25) is 10.0 Å². The third-order valence-corrected chi connectivity index (χ3v) is 5.66. The highest BCUT2D eigenvalue weighted by molar-refractivity contribution is 7.89. The van der Waals surface area contributed by atoms with Gasteiger partial charge in [-0.15, -0.1) is 0 Å². The zero-order valence-electron chi connectivity index (χ0n) is 11.7. The van der Waals surface area contributed by atoms with Crippen molar-refractivity contribution in [1.82, 2.24) is 4.31 Å². The van der Waals surface area contributed by atoms with E-state index < -0.39 is 10.0 Å². The topological polar surface area (TPSA) is 63.7 Å². The maximum atomic E-state index is 12.6. The summed E-state index contributed by atoms with van der Waals surface area (Å²) in [6.07, 6.45) is 1.34. The van der Waals surface area contributed by atoms with Gasteiger partial charge in [0.1, 0.15) is 0 Å². The first-order valence-corrected chi connectivity index (χ1v) is 8.04. The second-order valence-electron chi connectivity index (χ2n) is 4.99. The number of carbonyl (C=O) groups is 1. The molecule has 20 heavy (non-hydrogen) atoms. The molecule has 1 aliphatic heterocycles. The first kappa shape index (κ1) is 15.0. The van der Waals surface area contributed by atoms with Crippen molar-refractivity contribution in [3.63, 3.8) is 0 Å². The molecule has 6 heteroatoms. The van der Waals surface area contributed by atoms with Crippen molar-refractivity contribution in [1.29, 1.82) is 0 Å². The molecule has 1 aromatic carbocycles. The number of aryl methyl sites for hydroxylation is 1. The molecule has 110 valence electrons. The Morgan fingerprint density at radius 2 is 2.05 bits per heavy atom. The quantitative estimate of drug-likeness (QED) is 0.794. The molecule has 1 atom stereocenters. The minimum atomic E-state index is -3.54. The van der Waals surface area contributed by atoms with E-state index >= 15 is 0 Å². The Kier molecular flexibility index (Phi) is 4.45. The van der Waals surface area contributed by atoms with E-state index in [-0.39, 0.29) is 18.4 Å². The van der Waals surface area contributed by atoms with Gasteiger partial charge in [0.25, 0.3) is 0 Å². The highest BCUT2D eigenvalue weighted by Gasteiger charge is 2.34. The Balaban J connectivity index is 2.26. The molecular weight excluding hydrogens is 278 g/mol.